The molecule has 1 heterocycles. The normalized spacial score (nSPS) is 8.92. The van der Waals surface area contributed by atoms with E-state index in [1.54, 1.807) is 18.5 Å². The summed E-state index contributed by atoms with van der Waals surface area (Å²) in [4.78, 5) is 3.86. The van der Waals surface area contributed by atoms with Gasteiger partial charge in [0, 0.05) is 18.9 Å². The van der Waals surface area contributed by atoms with Crippen LogP contribution in [0.3, 0.4) is 0 Å². The third kappa shape index (κ3) is 2.60. The van der Waals surface area contributed by atoms with Gasteiger partial charge in [0.1, 0.15) is 6.07 Å². The molecule has 1 aromatic heterocycles. The lowest BCUT2D eigenvalue weighted by molar-refractivity contribution is 1.20. The van der Waals surface area contributed by atoms with Gasteiger partial charge < -0.3 is 5.32 Å². The largest absolute Gasteiger partial charge is 0.380 e. The van der Waals surface area contributed by atoms with Crippen molar-refractivity contribution < 1.29 is 0 Å². The minimum Gasteiger partial charge on any atom is -0.380 e. The second-order valence-electron chi connectivity index (χ2n) is 2.84. The highest BCUT2D eigenvalue weighted by Gasteiger charge is 1.98. The number of anilines is 1. The SMILES string of the molecule is C=C(C)CNc1ccncc1C#N. The number of nitrogens with one attached hydrogen (secondary N) is 1. The fourth-order valence-corrected chi connectivity index (χ4v) is 0.884. The Bertz CT molecular complexity index is 349. The summed E-state index contributed by atoms with van der Waals surface area (Å²) in [6.45, 7) is 6.37. The van der Waals surface area contributed by atoms with Gasteiger partial charge in [-0.05, 0) is 13.0 Å². The Morgan fingerprint density at radius 2 is 2.54 bits per heavy atom. The summed E-state index contributed by atoms with van der Waals surface area (Å²) in [7, 11) is 0. The van der Waals surface area contributed by atoms with E-state index in [0.29, 0.717) is 12.1 Å². The number of hydrogen-bond acceptors (Lipinski definition) is 3. The maximum Gasteiger partial charge on any atom is 0.103 e. The zero-order valence-electron chi connectivity index (χ0n) is 7.54. The molecule has 1 rings (SSSR count). The second kappa shape index (κ2) is 4.27. The molecule has 0 bridgehead atoms. The van der Waals surface area contributed by atoms with Gasteiger partial charge in [-0.1, -0.05) is 12.2 Å². The lowest BCUT2D eigenvalue weighted by Gasteiger charge is -2.06. The van der Waals surface area contributed by atoms with Crippen molar-refractivity contribution in [3.63, 3.8) is 0 Å². The maximum atomic E-state index is 8.73. The topological polar surface area (TPSA) is 48.7 Å². The van der Waals surface area contributed by atoms with Crippen molar-refractivity contribution in [1.82, 2.24) is 4.98 Å². The minimum absolute atomic E-state index is 0.559. The van der Waals surface area contributed by atoms with Crippen LogP contribution in [0, 0.1) is 11.3 Å². The Balaban J connectivity index is 2.77. The first kappa shape index (κ1) is 9.27. The summed E-state index contributed by atoms with van der Waals surface area (Å²) in [6.07, 6.45) is 3.20. The van der Waals surface area contributed by atoms with Gasteiger partial charge in [-0.25, -0.2) is 0 Å². The lowest BCUT2D eigenvalue weighted by atomic mass is 10.2. The van der Waals surface area contributed by atoms with Gasteiger partial charge in [-0.3, -0.25) is 4.98 Å². The van der Waals surface area contributed by atoms with Crippen molar-refractivity contribution in [2.45, 2.75) is 6.92 Å². The number of nitrogens with zero attached hydrogens (tertiary/aromatic N) is 2. The number of rotatable bonds is 3. The van der Waals surface area contributed by atoms with Crippen LogP contribution in [0.5, 0.6) is 0 Å². The van der Waals surface area contributed by atoms with Crippen LogP contribution in [-0.4, -0.2) is 11.5 Å². The Labute approximate surface area is 77.7 Å². The Morgan fingerprint density at radius 1 is 1.77 bits per heavy atom. The molecule has 0 aliphatic heterocycles. The molecule has 0 aromatic carbocycles. The van der Waals surface area contributed by atoms with Crippen molar-refractivity contribution >= 4 is 5.69 Å². The Morgan fingerprint density at radius 3 is 3.15 bits per heavy atom. The second-order valence-corrected chi connectivity index (χ2v) is 2.84. The summed E-state index contributed by atoms with van der Waals surface area (Å²) in [6, 6.07) is 3.84. The number of pyridine rings is 1. The van der Waals surface area contributed by atoms with Crippen LogP contribution in [0.25, 0.3) is 0 Å². The van der Waals surface area contributed by atoms with Crippen LogP contribution in [-0.2, 0) is 0 Å². The molecule has 13 heavy (non-hydrogen) atoms. The molecule has 0 fully saturated rings. The van der Waals surface area contributed by atoms with Gasteiger partial charge in [0.05, 0.1) is 11.3 Å². The third-order valence-electron chi connectivity index (χ3n) is 1.52. The standard InChI is InChI=1S/C10H11N3/c1-8(2)6-13-10-3-4-12-7-9(10)5-11/h3-4,7H,1,6H2,2H3,(H,12,13). The summed E-state index contributed by atoms with van der Waals surface area (Å²) in [5, 5.41) is 11.8. The summed E-state index contributed by atoms with van der Waals surface area (Å²) in [5.74, 6) is 0. The molecule has 66 valence electrons. The summed E-state index contributed by atoms with van der Waals surface area (Å²) >= 11 is 0. The van der Waals surface area contributed by atoms with Crippen molar-refractivity contribution in [3.8, 4) is 6.07 Å². The number of nitriles is 1. The van der Waals surface area contributed by atoms with Crippen LogP contribution in [0.1, 0.15) is 12.5 Å². The monoisotopic (exact) mass is 173 g/mol. The molecular weight excluding hydrogens is 162 g/mol. The van der Waals surface area contributed by atoms with Crippen molar-refractivity contribution in [3.05, 3.63) is 36.2 Å². The van der Waals surface area contributed by atoms with Gasteiger partial charge in [0.2, 0.25) is 0 Å². The van der Waals surface area contributed by atoms with E-state index in [2.05, 4.69) is 22.9 Å². The predicted octanol–water partition coefficient (Wildman–Crippen LogP) is 1.94. The van der Waals surface area contributed by atoms with Crippen molar-refractivity contribution in [2.75, 3.05) is 11.9 Å². The predicted molar refractivity (Wildman–Crippen MR) is 52.3 cm³/mol. The Hall–Kier alpha value is -1.82. The van der Waals surface area contributed by atoms with E-state index < -0.39 is 0 Å². The molecule has 1 N–H and O–H groups in total. The molecule has 1 aromatic rings. The van der Waals surface area contributed by atoms with Gasteiger partial charge in [0.15, 0.2) is 0 Å². The average Bonchev–Trinajstić information content (AvgIpc) is 2.15. The summed E-state index contributed by atoms with van der Waals surface area (Å²) < 4.78 is 0. The van der Waals surface area contributed by atoms with E-state index in [-0.39, 0.29) is 0 Å². The van der Waals surface area contributed by atoms with E-state index in [4.69, 9.17) is 5.26 Å². The first-order valence-corrected chi connectivity index (χ1v) is 3.96. The van der Waals surface area contributed by atoms with Crippen LogP contribution >= 0.6 is 0 Å². The zero-order chi connectivity index (χ0) is 9.68. The van der Waals surface area contributed by atoms with E-state index in [1.165, 1.54) is 0 Å². The van der Waals surface area contributed by atoms with E-state index in [9.17, 15) is 0 Å². The molecule has 0 spiro atoms. The van der Waals surface area contributed by atoms with E-state index in [1.807, 2.05) is 6.92 Å². The van der Waals surface area contributed by atoms with E-state index in [0.717, 1.165) is 11.3 Å². The molecule has 0 unspecified atom stereocenters. The highest BCUT2D eigenvalue weighted by Crippen LogP contribution is 2.11. The van der Waals surface area contributed by atoms with Crippen LogP contribution in [0.15, 0.2) is 30.6 Å². The minimum atomic E-state index is 0.559. The van der Waals surface area contributed by atoms with Gasteiger partial charge in [0.25, 0.3) is 0 Å². The average molecular weight is 173 g/mol. The molecular formula is C10H11N3. The maximum absolute atomic E-state index is 8.73. The first-order valence-electron chi connectivity index (χ1n) is 3.96. The molecule has 3 nitrogen and oxygen atoms in total. The molecule has 0 aliphatic carbocycles. The zero-order valence-corrected chi connectivity index (χ0v) is 7.54. The van der Waals surface area contributed by atoms with Crippen molar-refractivity contribution in [2.24, 2.45) is 0 Å². The smallest absolute Gasteiger partial charge is 0.103 e. The molecule has 0 radical (unpaired) electrons. The van der Waals surface area contributed by atoms with Gasteiger partial charge in [-0.2, -0.15) is 5.26 Å². The van der Waals surface area contributed by atoms with Gasteiger partial charge >= 0.3 is 0 Å². The molecule has 3 heteroatoms. The lowest BCUT2D eigenvalue weighted by Crippen LogP contribution is -2.03. The molecule has 0 atom stereocenters. The highest BCUT2D eigenvalue weighted by atomic mass is 14.9. The highest BCUT2D eigenvalue weighted by molar-refractivity contribution is 5.56. The fraction of sp³-hybridized carbons (Fsp3) is 0.200. The fourth-order valence-electron chi connectivity index (χ4n) is 0.884. The first-order chi connectivity index (χ1) is 6.24. The summed E-state index contributed by atoms with van der Waals surface area (Å²) in [5.41, 5.74) is 2.39. The Kier molecular flexibility index (Phi) is 3.04. The van der Waals surface area contributed by atoms with E-state index >= 15 is 0 Å². The molecule has 0 amide bonds. The van der Waals surface area contributed by atoms with Gasteiger partial charge in [-0.15, -0.1) is 0 Å². The molecule has 0 saturated heterocycles. The van der Waals surface area contributed by atoms with Crippen LogP contribution < -0.4 is 5.32 Å². The number of hydrogen-bond donors (Lipinski definition) is 1. The molecule has 0 saturated carbocycles. The third-order valence-corrected chi connectivity index (χ3v) is 1.52. The molecule has 0 aliphatic rings. The van der Waals surface area contributed by atoms with Crippen LogP contribution in [0.4, 0.5) is 5.69 Å². The van der Waals surface area contributed by atoms with Crippen molar-refractivity contribution in [1.29, 1.82) is 5.26 Å². The quantitative estimate of drug-likeness (QED) is 0.710. The van der Waals surface area contributed by atoms with Crippen LogP contribution in [0.2, 0.25) is 0 Å². The number of aromatic nitrogens is 1.